The number of carboxylic acid groups (broad SMARTS) is 1. The predicted molar refractivity (Wildman–Crippen MR) is 181 cm³/mol. The summed E-state index contributed by atoms with van der Waals surface area (Å²) in [7, 11) is -2.94. The number of amides is 2. The van der Waals surface area contributed by atoms with Crippen molar-refractivity contribution in [2.75, 3.05) is 24.2 Å². The van der Waals surface area contributed by atoms with Crippen molar-refractivity contribution in [1.29, 1.82) is 0 Å². The first-order valence-electron chi connectivity index (χ1n) is 15.6. The zero-order chi connectivity index (χ0) is 33.7. The van der Waals surface area contributed by atoms with Gasteiger partial charge in [-0.2, -0.15) is 0 Å². The Morgan fingerprint density at radius 1 is 1.15 bits per heavy atom. The number of nitrogens with one attached hydrogen (secondary N) is 3. The number of anilines is 1. The third-order valence-electron chi connectivity index (χ3n) is 8.50. The minimum absolute atomic E-state index is 0.111. The molecule has 2 aliphatic rings. The van der Waals surface area contributed by atoms with Crippen molar-refractivity contribution < 1.29 is 32.9 Å². The van der Waals surface area contributed by atoms with Gasteiger partial charge in [-0.3, -0.25) is 13.9 Å². The lowest BCUT2D eigenvalue weighted by molar-refractivity contribution is -0.118. The highest BCUT2D eigenvalue weighted by molar-refractivity contribution is 8.22. The van der Waals surface area contributed by atoms with Crippen molar-refractivity contribution >= 4 is 40.1 Å². The molecule has 1 aromatic heterocycles. The van der Waals surface area contributed by atoms with Gasteiger partial charge in [-0.15, -0.1) is 10.8 Å². The molecule has 3 unspecified atom stereocenters. The van der Waals surface area contributed by atoms with Crippen LogP contribution in [-0.2, 0) is 11.2 Å². The third-order valence-corrected chi connectivity index (χ3v) is 10.8. The maximum absolute atomic E-state index is 15.4. The molecule has 2 aliphatic heterocycles. The Morgan fingerprint density at radius 2 is 1.89 bits per heavy atom. The summed E-state index contributed by atoms with van der Waals surface area (Å²) in [5.74, 6) is -1.39. The fourth-order valence-electron chi connectivity index (χ4n) is 6.29. The Labute approximate surface area is 280 Å². The van der Waals surface area contributed by atoms with Crippen molar-refractivity contribution in [3.05, 3.63) is 88.3 Å². The van der Waals surface area contributed by atoms with Crippen LogP contribution in [0.5, 0.6) is 5.88 Å². The molecule has 2 saturated heterocycles. The standard InChI is InChI=1S/C33H41ClFN5O6S/c1-20(2)46-29-15-10-22(17-37-29)30(21-8-11-23(34)12-9-21)31(39-33(42)43)32(41)38-28-7-3-6-27(35)26(28)14-13-25-18-36-24-5-4-16-47(44,45)40(25)19-24/h3,6-12,15,17,20,24-25,30-31,36,39,44-45H,4-5,13-14,16,18-19H2,1-2H3,(H,38,41)(H,42,43)/t24?,25?,30-,31-/m0/s1. The van der Waals surface area contributed by atoms with Gasteiger partial charge in [-0.25, -0.2) is 18.5 Å². The Kier molecular flexibility index (Phi) is 11.3. The van der Waals surface area contributed by atoms with Crippen LogP contribution in [0.1, 0.15) is 55.7 Å². The summed E-state index contributed by atoms with van der Waals surface area (Å²) < 4.78 is 44.5. The summed E-state index contributed by atoms with van der Waals surface area (Å²) >= 11 is 6.15. The van der Waals surface area contributed by atoms with Crippen LogP contribution in [0.3, 0.4) is 0 Å². The minimum Gasteiger partial charge on any atom is -0.475 e. The number of piperazine rings is 1. The predicted octanol–water partition coefficient (Wildman–Crippen LogP) is 6.10. The molecule has 5 atom stereocenters. The SMILES string of the molecule is CC(C)Oc1ccc([C@H](c2ccc(Cl)cc2)[C@H](NC(=O)O)C(=O)Nc2cccc(F)c2CCC2CNC3CCCS(O)(O)N2C3)cn1. The lowest BCUT2D eigenvalue weighted by Gasteiger charge is -2.49. The van der Waals surface area contributed by atoms with E-state index in [-0.39, 0.29) is 35.9 Å². The van der Waals surface area contributed by atoms with Gasteiger partial charge in [0.1, 0.15) is 11.9 Å². The van der Waals surface area contributed by atoms with E-state index in [4.69, 9.17) is 16.3 Å². The van der Waals surface area contributed by atoms with Gasteiger partial charge in [0.05, 0.1) is 11.9 Å². The fourth-order valence-corrected chi connectivity index (χ4v) is 8.28. The third kappa shape index (κ3) is 8.72. The van der Waals surface area contributed by atoms with E-state index in [0.29, 0.717) is 53.7 Å². The Balaban J connectivity index is 1.42. The molecule has 47 heavy (non-hydrogen) atoms. The zero-order valence-electron chi connectivity index (χ0n) is 26.2. The number of rotatable bonds is 11. The van der Waals surface area contributed by atoms with Gasteiger partial charge >= 0.3 is 6.09 Å². The van der Waals surface area contributed by atoms with Crippen molar-refractivity contribution in [1.82, 2.24) is 19.9 Å². The number of aromatic nitrogens is 1. The molecule has 11 nitrogen and oxygen atoms in total. The number of benzene rings is 2. The van der Waals surface area contributed by atoms with Crippen LogP contribution >= 0.6 is 22.4 Å². The van der Waals surface area contributed by atoms with Crippen molar-refractivity contribution in [2.45, 2.75) is 69.7 Å². The number of hydrogen-bond donors (Lipinski definition) is 6. The molecule has 0 saturated carbocycles. The van der Waals surface area contributed by atoms with E-state index in [1.807, 2.05) is 13.8 Å². The Bertz CT molecular complexity index is 1550. The van der Waals surface area contributed by atoms with E-state index in [1.165, 1.54) is 18.3 Å². The summed E-state index contributed by atoms with van der Waals surface area (Å²) in [5, 5.41) is 18.9. The van der Waals surface area contributed by atoms with E-state index in [1.54, 1.807) is 46.8 Å². The first-order chi connectivity index (χ1) is 22.4. The molecule has 5 rings (SSSR count). The number of fused-ring (bicyclic) bond motifs is 2. The second kappa shape index (κ2) is 15.2. The van der Waals surface area contributed by atoms with Crippen molar-refractivity contribution in [2.24, 2.45) is 0 Å². The smallest absolute Gasteiger partial charge is 0.405 e. The number of carbonyl (C=O) groups excluding carboxylic acids is 1. The molecule has 3 heterocycles. The zero-order valence-corrected chi connectivity index (χ0v) is 27.8. The average Bonchev–Trinajstić information content (AvgIpc) is 3.13. The monoisotopic (exact) mass is 689 g/mol. The first-order valence-corrected chi connectivity index (χ1v) is 17.7. The Hall–Kier alpha value is -3.46. The van der Waals surface area contributed by atoms with Gasteiger partial charge in [-0.1, -0.05) is 35.9 Å². The second-order valence-electron chi connectivity index (χ2n) is 12.2. The van der Waals surface area contributed by atoms with Crippen LogP contribution < -0.4 is 20.7 Å². The van der Waals surface area contributed by atoms with Crippen LogP contribution in [0, 0.1) is 5.82 Å². The maximum atomic E-state index is 15.4. The molecule has 2 fully saturated rings. The van der Waals surface area contributed by atoms with Gasteiger partial charge in [0.25, 0.3) is 0 Å². The Morgan fingerprint density at radius 3 is 2.57 bits per heavy atom. The lowest BCUT2D eigenvalue weighted by Crippen LogP contribution is -2.55. The molecule has 2 bridgehead atoms. The van der Waals surface area contributed by atoms with Crippen LogP contribution in [0.25, 0.3) is 0 Å². The number of nitrogens with zero attached hydrogens (tertiary/aromatic N) is 2. The van der Waals surface area contributed by atoms with Gasteiger partial charge in [0, 0.05) is 59.6 Å². The highest BCUT2D eigenvalue weighted by atomic mass is 35.5. The van der Waals surface area contributed by atoms with Crippen LogP contribution in [0.15, 0.2) is 60.8 Å². The van der Waals surface area contributed by atoms with E-state index in [0.717, 1.165) is 6.42 Å². The average molecular weight is 690 g/mol. The number of ether oxygens (including phenoxy) is 1. The summed E-state index contributed by atoms with van der Waals surface area (Å²) in [5.41, 5.74) is 1.58. The fraction of sp³-hybridized carbons (Fsp3) is 0.424. The van der Waals surface area contributed by atoms with E-state index < -0.39 is 40.6 Å². The quantitative estimate of drug-likeness (QED) is 0.140. The highest BCUT2D eigenvalue weighted by Gasteiger charge is 2.38. The summed E-state index contributed by atoms with van der Waals surface area (Å²) in [6, 6.07) is 13.0. The van der Waals surface area contributed by atoms with Crippen LogP contribution in [0.4, 0.5) is 14.9 Å². The largest absolute Gasteiger partial charge is 0.475 e. The minimum atomic E-state index is -2.94. The maximum Gasteiger partial charge on any atom is 0.405 e. The molecule has 6 N–H and O–H groups in total. The highest BCUT2D eigenvalue weighted by Crippen LogP contribution is 2.49. The first kappa shape index (κ1) is 34.9. The lowest BCUT2D eigenvalue weighted by atomic mass is 9.85. The molecule has 14 heteroatoms. The van der Waals surface area contributed by atoms with Crippen molar-refractivity contribution in [3.63, 3.8) is 0 Å². The van der Waals surface area contributed by atoms with Crippen LogP contribution in [0.2, 0.25) is 5.02 Å². The van der Waals surface area contributed by atoms with Crippen molar-refractivity contribution in [3.8, 4) is 5.88 Å². The van der Waals surface area contributed by atoms with E-state index >= 15 is 4.39 Å². The molecule has 3 aromatic rings. The normalized spacial score (nSPS) is 22.4. The van der Waals surface area contributed by atoms with Gasteiger partial charge in [0.15, 0.2) is 0 Å². The number of pyridine rings is 1. The molecule has 0 aliphatic carbocycles. The molecule has 0 radical (unpaired) electrons. The molecular formula is C33H41ClFN5O6S. The van der Waals surface area contributed by atoms with Gasteiger partial charge < -0.3 is 25.8 Å². The van der Waals surface area contributed by atoms with Crippen LogP contribution in [-0.4, -0.2) is 78.6 Å². The molecule has 254 valence electrons. The molecular weight excluding hydrogens is 649 g/mol. The summed E-state index contributed by atoms with van der Waals surface area (Å²) in [6.07, 6.45) is 2.17. The second-order valence-corrected chi connectivity index (χ2v) is 14.8. The molecule has 0 spiro atoms. The summed E-state index contributed by atoms with van der Waals surface area (Å²) in [6.45, 7) is 4.77. The molecule has 2 aromatic carbocycles. The number of hydrogen-bond acceptors (Lipinski definition) is 8. The van der Waals surface area contributed by atoms with Gasteiger partial charge in [0.2, 0.25) is 11.8 Å². The number of halogens is 2. The van der Waals surface area contributed by atoms with Gasteiger partial charge in [-0.05, 0) is 74.9 Å². The topological polar surface area (TPSA) is 156 Å². The van der Waals surface area contributed by atoms with E-state index in [9.17, 15) is 23.8 Å². The number of carbonyl (C=O) groups is 2. The van der Waals surface area contributed by atoms with E-state index in [2.05, 4.69) is 20.9 Å². The molecule has 2 amide bonds. The summed E-state index contributed by atoms with van der Waals surface area (Å²) in [4.78, 5) is 30.5.